The largest absolute Gasteiger partial charge is 0.276 e. The minimum Gasteiger partial charge on any atom is -0.276 e. The average molecular weight is 306 g/mol. The minimum atomic E-state index is 0.756. The first-order valence-electron chi connectivity index (χ1n) is 5.83. The van der Waals surface area contributed by atoms with Gasteiger partial charge in [-0.3, -0.25) is 9.58 Å². The van der Waals surface area contributed by atoms with Gasteiger partial charge in [0.05, 0.1) is 17.3 Å². The highest BCUT2D eigenvalue weighted by molar-refractivity contribution is 9.10. The molecular formula is C14H16BrN3. The summed E-state index contributed by atoms with van der Waals surface area (Å²) in [6.07, 6.45) is 5.69. The monoisotopic (exact) mass is 305 g/mol. The fourth-order valence-electron chi connectivity index (χ4n) is 1.82. The smallest absolute Gasteiger partial charge is 0.0934 e. The van der Waals surface area contributed by atoms with Crippen LogP contribution in [0.3, 0.4) is 0 Å². The van der Waals surface area contributed by atoms with Crippen LogP contribution in [0.4, 0.5) is 0 Å². The number of rotatable bonds is 6. The quantitative estimate of drug-likeness (QED) is 0.764. The second kappa shape index (κ2) is 6.52. The first kappa shape index (κ1) is 13.1. The molecule has 18 heavy (non-hydrogen) atoms. The van der Waals surface area contributed by atoms with Crippen LogP contribution in [0.2, 0.25) is 0 Å². The molecule has 0 aliphatic rings. The molecule has 0 spiro atoms. The van der Waals surface area contributed by atoms with E-state index in [4.69, 9.17) is 0 Å². The topological polar surface area (TPSA) is 21.1 Å². The maximum Gasteiger partial charge on any atom is 0.0934 e. The second-order valence-electron chi connectivity index (χ2n) is 4.13. The van der Waals surface area contributed by atoms with E-state index < -0.39 is 0 Å². The van der Waals surface area contributed by atoms with E-state index in [1.807, 2.05) is 23.0 Å². The maximum absolute atomic E-state index is 4.27. The molecule has 0 unspecified atom stereocenters. The van der Waals surface area contributed by atoms with Crippen LogP contribution in [0.25, 0.3) is 0 Å². The van der Waals surface area contributed by atoms with E-state index in [-0.39, 0.29) is 0 Å². The number of aromatic nitrogens is 2. The Morgan fingerprint density at radius 2 is 2.11 bits per heavy atom. The molecule has 2 rings (SSSR count). The zero-order valence-electron chi connectivity index (χ0n) is 10.2. The normalized spacial score (nSPS) is 10.8. The van der Waals surface area contributed by atoms with Crippen molar-refractivity contribution in [2.75, 3.05) is 6.54 Å². The first-order valence-corrected chi connectivity index (χ1v) is 6.62. The van der Waals surface area contributed by atoms with Crippen molar-refractivity contribution >= 4 is 15.9 Å². The molecule has 0 saturated carbocycles. The van der Waals surface area contributed by atoms with Crippen molar-refractivity contribution in [1.29, 1.82) is 0 Å². The van der Waals surface area contributed by atoms with Crippen LogP contribution in [0.5, 0.6) is 0 Å². The van der Waals surface area contributed by atoms with Gasteiger partial charge in [0.15, 0.2) is 0 Å². The van der Waals surface area contributed by atoms with E-state index in [0.29, 0.717) is 0 Å². The summed E-state index contributed by atoms with van der Waals surface area (Å²) in [5, 5.41) is 4.27. The molecule has 0 N–H and O–H groups in total. The van der Waals surface area contributed by atoms with Gasteiger partial charge in [-0.05, 0) is 21.5 Å². The molecule has 0 radical (unpaired) electrons. The van der Waals surface area contributed by atoms with Crippen molar-refractivity contribution in [3.05, 3.63) is 65.4 Å². The molecule has 0 atom stereocenters. The minimum absolute atomic E-state index is 0.756. The first-order chi connectivity index (χ1) is 8.78. The molecule has 0 aliphatic heterocycles. The highest BCUT2D eigenvalue weighted by Crippen LogP contribution is 2.09. The van der Waals surface area contributed by atoms with Crippen LogP contribution >= 0.6 is 15.9 Å². The van der Waals surface area contributed by atoms with Gasteiger partial charge in [0, 0.05) is 19.3 Å². The van der Waals surface area contributed by atoms with Gasteiger partial charge in [-0.1, -0.05) is 36.4 Å². The third-order valence-electron chi connectivity index (χ3n) is 2.58. The highest BCUT2D eigenvalue weighted by atomic mass is 79.9. The Morgan fingerprint density at radius 1 is 1.33 bits per heavy atom. The van der Waals surface area contributed by atoms with E-state index >= 15 is 0 Å². The van der Waals surface area contributed by atoms with Crippen LogP contribution in [-0.2, 0) is 13.2 Å². The highest BCUT2D eigenvalue weighted by Gasteiger charge is 2.05. The van der Waals surface area contributed by atoms with Crippen molar-refractivity contribution in [2.24, 2.45) is 0 Å². The molecule has 0 fully saturated rings. The lowest BCUT2D eigenvalue weighted by Gasteiger charge is -2.20. The molecule has 1 aromatic heterocycles. The summed E-state index contributed by atoms with van der Waals surface area (Å²) in [5.41, 5.74) is 1.30. The summed E-state index contributed by atoms with van der Waals surface area (Å²) < 4.78 is 2.91. The third-order valence-corrected chi connectivity index (χ3v) is 2.99. The molecular weight excluding hydrogens is 290 g/mol. The summed E-state index contributed by atoms with van der Waals surface area (Å²) in [4.78, 5) is 2.28. The van der Waals surface area contributed by atoms with Gasteiger partial charge in [0.1, 0.15) is 0 Å². The molecule has 94 valence electrons. The Hall–Kier alpha value is -1.39. The second-order valence-corrected chi connectivity index (χ2v) is 5.04. The predicted molar refractivity (Wildman–Crippen MR) is 77.0 cm³/mol. The molecule has 0 amide bonds. The Morgan fingerprint density at radius 3 is 2.72 bits per heavy atom. The molecule has 1 heterocycles. The van der Waals surface area contributed by atoms with Gasteiger partial charge < -0.3 is 0 Å². The van der Waals surface area contributed by atoms with Gasteiger partial charge in [-0.25, -0.2) is 0 Å². The van der Waals surface area contributed by atoms with E-state index in [1.54, 1.807) is 6.20 Å². The molecule has 1 aromatic carbocycles. The predicted octanol–water partition coefficient (Wildman–Crippen LogP) is 3.29. The fourth-order valence-corrected chi connectivity index (χ4v) is 2.14. The van der Waals surface area contributed by atoms with Crippen molar-refractivity contribution in [3.63, 3.8) is 0 Å². The Balaban J connectivity index is 2.02. The fraction of sp³-hybridized carbons (Fsp3) is 0.214. The summed E-state index contributed by atoms with van der Waals surface area (Å²) in [5.74, 6) is 0. The molecule has 0 bridgehead atoms. The Labute approximate surface area is 116 Å². The molecule has 0 saturated heterocycles. The Kier molecular flexibility index (Phi) is 4.73. The zero-order valence-corrected chi connectivity index (χ0v) is 11.8. The zero-order chi connectivity index (χ0) is 12.8. The van der Waals surface area contributed by atoms with Crippen molar-refractivity contribution < 1.29 is 0 Å². The number of benzene rings is 1. The van der Waals surface area contributed by atoms with Gasteiger partial charge in [-0.15, -0.1) is 6.58 Å². The molecule has 3 nitrogen and oxygen atoms in total. The average Bonchev–Trinajstić information content (AvgIpc) is 2.76. The summed E-state index contributed by atoms with van der Waals surface area (Å²) >= 11 is 3.41. The molecule has 4 heteroatoms. The van der Waals surface area contributed by atoms with E-state index in [1.165, 1.54) is 5.56 Å². The standard InChI is InChI=1S/C14H16BrN3/c1-2-8-17(10-13-6-4-3-5-7-13)12-18-11-14(15)9-16-18/h2-7,9,11H,1,8,10,12H2. The third kappa shape index (κ3) is 3.82. The lowest BCUT2D eigenvalue weighted by atomic mass is 10.2. The van der Waals surface area contributed by atoms with Gasteiger partial charge in [-0.2, -0.15) is 5.10 Å². The maximum atomic E-state index is 4.27. The van der Waals surface area contributed by atoms with E-state index in [9.17, 15) is 0 Å². The van der Waals surface area contributed by atoms with Crippen LogP contribution in [-0.4, -0.2) is 21.2 Å². The van der Waals surface area contributed by atoms with Crippen molar-refractivity contribution in [3.8, 4) is 0 Å². The number of hydrogen-bond acceptors (Lipinski definition) is 2. The van der Waals surface area contributed by atoms with Crippen LogP contribution in [0.1, 0.15) is 5.56 Å². The molecule has 0 aliphatic carbocycles. The van der Waals surface area contributed by atoms with Gasteiger partial charge in [0.2, 0.25) is 0 Å². The lowest BCUT2D eigenvalue weighted by Crippen LogP contribution is -2.26. The van der Waals surface area contributed by atoms with Crippen LogP contribution in [0.15, 0.2) is 59.9 Å². The number of nitrogens with zero attached hydrogens (tertiary/aromatic N) is 3. The summed E-state index contributed by atoms with van der Waals surface area (Å²) in [7, 11) is 0. The number of halogens is 1. The van der Waals surface area contributed by atoms with Gasteiger partial charge >= 0.3 is 0 Å². The summed E-state index contributed by atoms with van der Waals surface area (Å²) in [6.45, 7) is 6.30. The lowest BCUT2D eigenvalue weighted by molar-refractivity contribution is 0.220. The summed E-state index contributed by atoms with van der Waals surface area (Å²) in [6, 6.07) is 10.4. The Bertz CT molecular complexity index is 493. The van der Waals surface area contributed by atoms with E-state index in [2.05, 4.69) is 56.8 Å². The van der Waals surface area contributed by atoms with E-state index in [0.717, 1.165) is 24.2 Å². The molecule has 2 aromatic rings. The van der Waals surface area contributed by atoms with Crippen molar-refractivity contribution in [2.45, 2.75) is 13.2 Å². The van der Waals surface area contributed by atoms with Gasteiger partial charge in [0.25, 0.3) is 0 Å². The number of hydrogen-bond donors (Lipinski definition) is 0. The van der Waals surface area contributed by atoms with Crippen molar-refractivity contribution in [1.82, 2.24) is 14.7 Å². The SMILES string of the molecule is C=CCN(Cc1ccccc1)Cn1cc(Br)cn1. The van der Waals surface area contributed by atoms with Crippen LogP contribution in [0, 0.1) is 0 Å². The van der Waals surface area contributed by atoms with Crippen LogP contribution < -0.4 is 0 Å².